The van der Waals surface area contributed by atoms with Gasteiger partial charge < -0.3 is 9.64 Å². The van der Waals surface area contributed by atoms with Crippen molar-refractivity contribution in [2.24, 2.45) is 11.3 Å². The first-order valence-corrected chi connectivity index (χ1v) is 10.2. The van der Waals surface area contributed by atoms with Gasteiger partial charge in [0.2, 0.25) is 5.91 Å². The maximum Gasteiger partial charge on any atom is 0.228 e. The Bertz CT molecular complexity index is 661. The van der Waals surface area contributed by atoms with Crippen LogP contribution in [0.1, 0.15) is 51.5 Å². The monoisotopic (exact) mass is 356 g/mol. The second-order valence-electron chi connectivity index (χ2n) is 8.93. The van der Waals surface area contributed by atoms with Crippen molar-refractivity contribution in [3.63, 3.8) is 0 Å². The number of carbonyl (C=O) groups excluding carboxylic acids is 1. The fraction of sp³-hybridized carbons (Fsp3) is 0.682. The minimum absolute atomic E-state index is 0.272. The number of ether oxygens (including phenoxy) is 1. The van der Waals surface area contributed by atoms with Crippen LogP contribution < -0.4 is 4.74 Å². The van der Waals surface area contributed by atoms with E-state index in [1.807, 2.05) is 0 Å². The van der Waals surface area contributed by atoms with Crippen molar-refractivity contribution in [2.75, 3.05) is 26.7 Å². The minimum atomic E-state index is -0.272. The Labute approximate surface area is 157 Å². The average molecular weight is 357 g/mol. The number of carbonyl (C=O) groups is 1. The molecule has 4 fully saturated rings. The number of piperidine rings is 3. The number of likely N-dealkylation sites (tertiary alicyclic amines) is 1. The summed E-state index contributed by atoms with van der Waals surface area (Å²) in [6.07, 6.45) is 3.38. The molecule has 5 rings (SSSR count). The van der Waals surface area contributed by atoms with Crippen molar-refractivity contribution in [2.45, 2.75) is 58.0 Å². The van der Waals surface area contributed by atoms with Crippen molar-refractivity contribution in [3.05, 3.63) is 29.8 Å². The second-order valence-corrected chi connectivity index (χ2v) is 8.93. The van der Waals surface area contributed by atoms with E-state index in [1.54, 1.807) is 7.11 Å². The fourth-order valence-electron chi connectivity index (χ4n) is 5.34. The molecule has 3 atom stereocenters. The number of fused-ring (bicyclic) bond motifs is 2. The number of nitrogens with zero attached hydrogens (tertiary/aromatic N) is 2. The predicted molar refractivity (Wildman–Crippen MR) is 103 cm³/mol. The number of methoxy groups -OCH3 is 1. The maximum absolute atomic E-state index is 13.4. The molecule has 4 aliphatic rings. The Morgan fingerprint density at radius 3 is 2.38 bits per heavy atom. The van der Waals surface area contributed by atoms with Crippen molar-refractivity contribution >= 4 is 5.91 Å². The number of hydrogen-bond acceptors (Lipinski definition) is 3. The Balaban J connectivity index is 1.68. The van der Waals surface area contributed by atoms with Crippen LogP contribution in [0.2, 0.25) is 0 Å². The zero-order valence-electron chi connectivity index (χ0n) is 16.6. The fourth-order valence-corrected chi connectivity index (χ4v) is 5.34. The first kappa shape index (κ1) is 17.8. The van der Waals surface area contributed by atoms with E-state index in [4.69, 9.17) is 4.74 Å². The largest absolute Gasteiger partial charge is 0.497 e. The Hall–Kier alpha value is -1.55. The van der Waals surface area contributed by atoms with Crippen molar-refractivity contribution in [1.82, 2.24) is 9.80 Å². The molecule has 0 unspecified atom stereocenters. The van der Waals surface area contributed by atoms with Crippen LogP contribution in [0.4, 0.5) is 0 Å². The summed E-state index contributed by atoms with van der Waals surface area (Å²) in [5, 5.41) is 0. The molecule has 26 heavy (non-hydrogen) atoms. The van der Waals surface area contributed by atoms with Gasteiger partial charge in [-0.3, -0.25) is 9.69 Å². The van der Waals surface area contributed by atoms with Crippen LogP contribution in [0.15, 0.2) is 24.3 Å². The summed E-state index contributed by atoms with van der Waals surface area (Å²) in [5.41, 5.74) is 1.07. The molecule has 1 aromatic rings. The molecule has 2 bridgehead atoms. The van der Waals surface area contributed by atoms with Crippen molar-refractivity contribution in [1.29, 1.82) is 0 Å². The summed E-state index contributed by atoms with van der Waals surface area (Å²) in [6, 6.07) is 9.38. The molecular formula is C22H32N2O2. The molecule has 4 nitrogen and oxygen atoms in total. The maximum atomic E-state index is 13.4. The minimum Gasteiger partial charge on any atom is -0.497 e. The van der Waals surface area contributed by atoms with Gasteiger partial charge in [-0.25, -0.2) is 0 Å². The van der Waals surface area contributed by atoms with Crippen LogP contribution in [-0.4, -0.2) is 54.5 Å². The van der Waals surface area contributed by atoms with Gasteiger partial charge in [0.25, 0.3) is 0 Å². The van der Waals surface area contributed by atoms with Gasteiger partial charge in [-0.1, -0.05) is 32.9 Å². The van der Waals surface area contributed by atoms with E-state index in [0.717, 1.165) is 18.7 Å². The number of benzene rings is 1. The second kappa shape index (κ2) is 6.56. The third kappa shape index (κ3) is 2.74. The van der Waals surface area contributed by atoms with Gasteiger partial charge in [0, 0.05) is 23.9 Å². The predicted octanol–water partition coefficient (Wildman–Crippen LogP) is 3.52. The summed E-state index contributed by atoms with van der Waals surface area (Å²) in [5.74, 6) is 2.32. The van der Waals surface area contributed by atoms with E-state index in [9.17, 15) is 4.79 Å². The van der Waals surface area contributed by atoms with E-state index in [-0.39, 0.29) is 5.41 Å². The van der Waals surface area contributed by atoms with E-state index in [1.165, 1.54) is 31.5 Å². The first-order valence-electron chi connectivity index (χ1n) is 10.2. The summed E-state index contributed by atoms with van der Waals surface area (Å²) < 4.78 is 5.33. The smallest absolute Gasteiger partial charge is 0.228 e. The molecule has 0 aliphatic carbocycles. The van der Waals surface area contributed by atoms with E-state index in [0.29, 0.717) is 29.8 Å². The van der Waals surface area contributed by atoms with E-state index in [2.05, 4.69) is 54.8 Å². The first-order chi connectivity index (χ1) is 12.5. The Morgan fingerprint density at radius 2 is 1.81 bits per heavy atom. The molecule has 1 aromatic carbocycles. The van der Waals surface area contributed by atoms with Crippen molar-refractivity contribution < 1.29 is 9.53 Å². The molecule has 0 saturated carbocycles. The molecule has 4 saturated heterocycles. The van der Waals surface area contributed by atoms with Crippen LogP contribution in [0.25, 0.3) is 0 Å². The zero-order valence-corrected chi connectivity index (χ0v) is 16.6. The third-order valence-corrected chi connectivity index (χ3v) is 7.26. The highest BCUT2D eigenvalue weighted by Gasteiger charge is 2.55. The SMILES string of the molecule is CCC(C)(C)C(=O)N1C[C@@H](c2ccc(OC)cc2)[C@@H]2[C@H]1C1CCN2CC1. The van der Waals surface area contributed by atoms with Gasteiger partial charge in [-0.15, -0.1) is 0 Å². The molecule has 0 N–H and O–H groups in total. The van der Waals surface area contributed by atoms with Crippen LogP contribution in [0.5, 0.6) is 5.75 Å². The highest BCUT2D eigenvalue weighted by atomic mass is 16.5. The standard InChI is InChI=1S/C22H32N2O2/c1-5-22(2,3)21(25)24-14-18(15-6-8-17(26-4)9-7-15)20-19(24)16-10-12-23(20)13-11-16/h6-9,16,18-20H,5,10-14H2,1-4H3/t18-,19+,20+/m0/s1. The highest BCUT2D eigenvalue weighted by molar-refractivity contribution is 5.83. The van der Waals surface area contributed by atoms with Crippen LogP contribution in [0.3, 0.4) is 0 Å². The highest BCUT2D eigenvalue weighted by Crippen LogP contribution is 2.47. The topological polar surface area (TPSA) is 32.8 Å². The van der Waals surface area contributed by atoms with Crippen molar-refractivity contribution in [3.8, 4) is 5.75 Å². The Morgan fingerprint density at radius 1 is 1.15 bits per heavy atom. The normalized spacial score (nSPS) is 33.2. The lowest BCUT2D eigenvalue weighted by Crippen LogP contribution is -2.61. The number of rotatable bonds is 4. The molecule has 4 aliphatic heterocycles. The Kier molecular flexibility index (Phi) is 4.50. The van der Waals surface area contributed by atoms with E-state index >= 15 is 0 Å². The van der Waals surface area contributed by atoms with Crippen LogP contribution in [-0.2, 0) is 4.79 Å². The molecule has 0 spiro atoms. The lowest BCUT2D eigenvalue weighted by atomic mass is 9.75. The third-order valence-electron chi connectivity index (χ3n) is 7.26. The van der Waals surface area contributed by atoms with E-state index < -0.39 is 0 Å². The number of amides is 1. The zero-order chi connectivity index (χ0) is 18.5. The molecule has 1 amide bonds. The quantitative estimate of drug-likeness (QED) is 0.827. The molecule has 0 aromatic heterocycles. The van der Waals surface area contributed by atoms with Gasteiger partial charge >= 0.3 is 0 Å². The van der Waals surface area contributed by atoms with Gasteiger partial charge in [-0.05, 0) is 56.0 Å². The molecule has 0 radical (unpaired) electrons. The van der Waals surface area contributed by atoms with Gasteiger partial charge in [-0.2, -0.15) is 0 Å². The lowest BCUT2D eigenvalue weighted by molar-refractivity contribution is -0.145. The van der Waals surface area contributed by atoms with Crippen LogP contribution in [0, 0.1) is 11.3 Å². The summed E-state index contributed by atoms with van der Waals surface area (Å²) in [7, 11) is 1.71. The number of hydrogen-bond donors (Lipinski definition) is 0. The summed E-state index contributed by atoms with van der Waals surface area (Å²) in [4.78, 5) is 18.3. The molecule has 142 valence electrons. The molecule has 4 heterocycles. The lowest BCUT2D eigenvalue weighted by Gasteiger charge is -2.51. The van der Waals surface area contributed by atoms with Crippen LogP contribution >= 0.6 is 0 Å². The molecule has 4 heteroatoms. The molecular weight excluding hydrogens is 324 g/mol. The summed E-state index contributed by atoms with van der Waals surface area (Å²) in [6.45, 7) is 9.58. The van der Waals surface area contributed by atoms with Gasteiger partial charge in [0.15, 0.2) is 0 Å². The summed E-state index contributed by atoms with van der Waals surface area (Å²) >= 11 is 0. The van der Waals surface area contributed by atoms with Gasteiger partial charge in [0.1, 0.15) is 5.75 Å². The van der Waals surface area contributed by atoms with Gasteiger partial charge in [0.05, 0.1) is 13.2 Å². The average Bonchev–Trinajstić information content (AvgIpc) is 3.11.